The van der Waals surface area contributed by atoms with Crippen LogP contribution in [0, 0.1) is 0 Å². The summed E-state index contributed by atoms with van der Waals surface area (Å²) in [4.78, 5) is 28.5. The van der Waals surface area contributed by atoms with E-state index in [1.54, 1.807) is 11.8 Å². The first kappa shape index (κ1) is 19.0. The van der Waals surface area contributed by atoms with Crippen molar-refractivity contribution in [3.05, 3.63) is 42.0 Å². The van der Waals surface area contributed by atoms with Gasteiger partial charge in [-0.05, 0) is 58.6 Å². The Balaban J connectivity index is 1.71. The first-order chi connectivity index (χ1) is 12.3. The second-order valence-corrected chi connectivity index (χ2v) is 8.95. The van der Waals surface area contributed by atoms with Crippen molar-refractivity contribution in [1.82, 2.24) is 4.90 Å². The Morgan fingerprint density at radius 1 is 1.15 bits per heavy atom. The van der Waals surface area contributed by atoms with Gasteiger partial charge < -0.3 is 4.74 Å². The lowest BCUT2D eigenvalue weighted by molar-refractivity contribution is -0.113. The number of benzene rings is 1. The fourth-order valence-corrected chi connectivity index (χ4v) is 4.49. The molecule has 140 valence electrons. The van der Waals surface area contributed by atoms with Gasteiger partial charge in [0.25, 0.3) is 0 Å². The molecule has 0 aliphatic carbocycles. The van der Waals surface area contributed by atoms with E-state index < -0.39 is 5.60 Å². The van der Waals surface area contributed by atoms with Gasteiger partial charge in [0.15, 0.2) is 5.78 Å². The molecule has 1 amide bonds. The SMILES string of the molecule is CC(C)(C)OC(=O)N1[C@@H]2CCC=C(C(=O)CSc3ccccc3)[C@H]1CC2. The van der Waals surface area contributed by atoms with Gasteiger partial charge in [0, 0.05) is 16.5 Å². The Bertz CT molecular complexity index is 693. The van der Waals surface area contributed by atoms with E-state index in [0.717, 1.165) is 36.2 Å². The molecule has 1 fully saturated rings. The molecule has 0 unspecified atom stereocenters. The number of amides is 1. The lowest BCUT2D eigenvalue weighted by atomic mass is 9.97. The van der Waals surface area contributed by atoms with Gasteiger partial charge >= 0.3 is 6.09 Å². The molecular weight excluding hydrogens is 346 g/mol. The van der Waals surface area contributed by atoms with E-state index in [4.69, 9.17) is 4.74 Å². The summed E-state index contributed by atoms with van der Waals surface area (Å²) in [5, 5.41) is 0. The fourth-order valence-electron chi connectivity index (χ4n) is 3.68. The van der Waals surface area contributed by atoms with E-state index in [2.05, 4.69) is 6.08 Å². The number of allylic oxidation sites excluding steroid dienone is 1. The molecule has 4 nitrogen and oxygen atoms in total. The van der Waals surface area contributed by atoms with E-state index in [9.17, 15) is 9.59 Å². The van der Waals surface area contributed by atoms with Crippen molar-refractivity contribution in [1.29, 1.82) is 0 Å². The molecule has 0 saturated carbocycles. The number of fused-ring (bicyclic) bond motifs is 2. The van der Waals surface area contributed by atoms with Crippen LogP contribution in [0.25, 0.3) is 0 Å². The normalized spacial score (nSPS) is 22.6. The van der Waals surface area contributed by atoms with Gasteiger partial charge in [-0.25, -0.2) is 4.79 Å². The van der Waals surface area contributed by atoms with Gasteiger partial charge in [0.2, 0.25) is 0 Å². The molecule has 2 heterocycles. The highest BCUT2D eigenvalue weighted by Crippen LogP contribution is 2.37. The molecule has 26 heavy (non-hydrogen) atoms. The fraction of sp³-hybridized carbons (Fsp3) is 0.524. The second kappa shape index (κ2) is 7.87. The van der Waals surface area contributed by atoms with Crippen LogP contribution in [0.4, 0.5) is 4.79 Å². The third-order valence-corrected chi connectivity index (χ3v) is 5.78. The first-order valence-electron chi connectivity index (χ1n) is 9.27. The summed E-state index contributed by atoms with van der Waals surface area (Å²) in [6.07, 6.45) is 5.30. The summed E-state index contributed by atoms with van der Waals surface area (Å²) in [5.74, 6) is 0.527. The van der Waals surface area contributed by atoms with Crippen molar-refractivity contribution < 1.29 is 14.3 Å². The number of carbonyl (C=O) groups excluding carboxylic acids is 2. The Kier molecular flexibility index (Phi) is 5.76. The molecule has 0 radical (unpaired) electrons. The van der Waals surface area contributed by atoms with Gasteiger partial charge in [-0.3, -0.25) is 9.69 Å². The molecule has 2 aliphatic heterocycles. The third-order valence-electron chi connectivity index (χ3n) is 4.77. The van der Waals surface area contributed by atoms with E-state index in [-0.39, 0.29) is 24.0 Å². The van der Waals surface area contributed by atoms with E-state index in [0.29, 0.717) is 5.75 Å². The lowest BCUT2D eigenvalue weighted by Gasteiger charge is -2.32. The standard InChI is InChI=1S/C21H27NO3S/c1-21(2,3)25-20(24)22-15-8-7-11-17(18(22)13-12-15)19(23)14-26-16-9-5-4-6-10-16/h4-6,9-11,15,18H,7-8,12-14H2,1-3H3/t15-,18-/m1/s1. The van der Waals surface area contributed by atoms with Crippen LogP contribution in [0.2, 0.25) is 0 Å². The molecule has 2 atom stereocenters. The van der Waals surface area contributed by atoms with Crippen LogP contribution in [0.1, 0.15) is 46.5 Å². The minimum atomic E-state index is -0.528. The van der Waals surface area contributed by atoms with Crippen LogP contribution in [-0.4, -0.2) is 40.2 Å². The molecule has 0 N–H and O–H groups in total. The van der Waals surface area contributed by atoms with Crippen LogP contribution in [0.3, 0.4) is 0 Å². The number of hydrogen-bond donors (Lipinski definition) is 0. The highest BCUT2D eigenvalue weighted by molar-refractivity contribution is 8.00. The van der Waals surface area contributed by atoms with Crippen molar-refractivity contribution in [3.8, 4) is 0 Å². The number of ether oxygens (including phenoxy) is 1. The monoisotopic (exact) mass is 373 g/mol. The molecule has 2 bridgehead atoms. The minimum Gasteiger partial charge on any atom is -0.444 e. The molecule has 0 spiro atoms. The van der Waals surface area contributed by atoms with Crippen LogP contribution in [0.15, 0.2) is 46.9 Å². The number of hydrogen-bond acceptors (Lipinski definition) is 4. The number of Topliss-reactive ketones (excluding diaryl/α,β-unsaturated/α-hetero) is 1. The number of rotatable bonds is 4. The predicted molar refractivity (Wildman–Crippen MR) is 104 cm³/mol. The van der Waals surface area contributed by atoms with Crippen molar-refractivity contribution in [2.45, 2.75) is 69.0 Å². The number of nitrogens with zero attached hydrogens (tertiary/aromatic N) is 1. The molecule has 2 aliphatic rings. The molecular formula is C21H27NO3S. The molecule has 1 aromatic rings. The average molecular weight is 374 g/mol. The minimum absolute atomic E-state index is 0.125. The zero-order valence-electron chi connectivity index (χ0n) is 15.7. The summed E-state index contributed by atoms with van der Waals surface area (Å²) in [5.41, 5.74) is 0.263. The Morgan fingerprint density at radius 3 is 2.58 bits per heavy atom. The van der Waals surface area contributed by atoms with Crippen LogP contribution in [0.5, 0.6) is 0 Å². The van der Waals surface area contributed by atoms with Crippen LogP contribution < -0.4 is 0 Å². The van der Waals surface area contributed by atoms with E-state index in [1.807, 2.05) is 56.0 Å². The summed E-state index contributed by atoms with van der Waals surface area (Å²) >= 11 is 1.55. The van der Waals surface area contributed by atoms with Crippen molar-refractivity contribution >= 4 is 23.6 Å². The predicted octanol–water partition coefficient (Wildman–Crippen LogP) is 4.84. The highest BCUT2D eigenvalue weighted by Gasteiger charge is 2.43. The van der Waals surface area contributed by atoms with Gasteiger partial charge in [0.1, 0.15) is 5.60 Å². The number of thioether (sulfide) groups is 1. The van der Waals surface area contributed by atoms with Gasteiger partial charge in [-0.15, -0.1) is 11.8 Å². The number of ketones is 1. The third kappa shape index (κ3) is 4.50. The average Bonchev–Trinajstić information content (AvgIpc) is 2.88. The molecule has 1 saturated heterocycles. The number of carbonyl (C=O) groups is 2. The Morgan fingerprint density at radius 2 is 1.88 bits per heavy atom. The second-order valence-electron chi connectivity index (χ2n) is 7.90. The Hall–Kier alpha value is -1.75. The summed E-state index contributed by atoms with van der Waals surface area (Å²) in [7, 11) is 0. The zero-order valence-corrected chi connectivity index (χ0v) is 16.6. The molecule has 5 heteroatoms. The van der Waals surface area contributed by atoms with Crippen molar-refractivity contribution in [2.24, 2.45) is 0 Å². The lowest BCUT2D eigenvalue weighted by Crippen LogP contribution is -2.45. The zero-order chi connectivity index (χ0) is 18.7. The maximum atomic E-state index is 12.9. The maximum Gasteiger partial charge on any atom is 0.411 e. The van der Waals surface area contributed by atoms with Crippen LogP contribution >= 0.6 is 11.8 Å². The van der Waals surface area contributed by atoms with E-state index in [1.165, 1.54) is 0 Å². The molecule has 3 rings (SSSR count). The smallest absolute Gasteiger partial charge is 0.411 e. The molecule has 1 aromatic carbocycles. The summed E-state index contributed by atoms with van der Waals surface area (Å²) in [6.45, 7) is 5.63. The van der Waals surface area contributed by atoms with Gasteiger partial charge in [-0.1, -0.05) is 24.3 Å². The molecule has 0 aromatic heterocycles. The maximum absolute atomic E-state index is 12.9. The first-order valence-corrected chi connectivity index (χ1v) is 10.3. The van der Waals surface area contributed by atoms with Crippen molar-refractivity contribution in [3.63, 3.8) is 0 Å². The van der Waals surface area contributed by atoms with Gasteiger partial charge in [0.05, 0.1) is 11.8 Å². The van der Waals surface area contributed by atoms with Crippen molar-refractivity contribution in [2.75, 3.05) is 5.75 Å². The quantitative estimate of drug-likeness (QED) is 0.709. The van der Waals surface area contributed by atoms with E-state index >= 15 is 0 Å². The van der Waals surface area contributed by atoms with Gasteiger partial charge in [-0.2, -0.15) is 0 Å². The Labute approximate surface area is 160 Å². The topological polar surface area (TPSA) is 46.6 Å². The highest BCUT2D eigenvalue weighted by atomic mass is 32.2. The summed E-state index contributed by atoms with van der Waals surface area (Å²) < 4.78 is 5.61. The summed E-state index contributed by atoms with van der Waals surface area (Å²) in [6, 6.07) is 9.99. The van der Waals surface area contributed by atoms with Crippen LogP contribution in [-0.2, 0) is 9.53 Å². The largest absolute Gasteiger partial charge is 0.444 e.